The Hall–Kier alpha value is -1.35. The Labute approximate surface area is 131 Å². The molecule has 21 heavy (non-hydrogen) atoms. The first kappa shape index (κ1) is 14.6. The Bertz CT molecular complexity index is 578. The molecule has 0 spiro atoms. The minimum absolute atomic E-state index is 0.674. The predicted molar refractivity (Wildman–Crippen MR) is 91.5 cm³/mol. The lowest BCUT2D eigenvalue weighted by Crippen LogP contribution is -2.17. The van der Waals surface area contributed by atoms with E-state index in [9.17, 15) is 0 Å². The van der Waals surface area contributed by atoms with E-state index in [0.29, 0.717) is 5.92 Å². The Morgan fingerprint density at radius 2 is 1.76 bits per heavy atom. The zero-order valence-electron chi connectivity index (χ0n) is 12.9. The van der Waals surface area contributed by atoms with Crippen LogP contribution in [0.4, 0.5) is 5.69 Å². The van der Waals surface area contributed by atoms with Crippen LogP contribution in [-0.4, -0.2) is 4.98 Å². The quantitative estimate of drug-likeness (QED) is 0.779. The molecule has 1 aliphatic carbocycles. The number of hydrogen-bond acceptors (Lipinski definition) is 3. The second-order valence-electron chi connectivity index (χ2n) is 6.55. The van der Waals surface area contributed by atoms with Crippen molar-refractivity contribution in [3.05, 3.63) is 34.7 Å². The highest BCUT2D eigenvalue weighted by Crippen LogP contribution is 2.40. The van der Waals surface area contributed by atoms with E-state index in [0.717, 1.165) is 23.2 Å². The molecule has 2 aromatic rings. The van der Waals surface area contributed by atoms with Crippen LogP contribution in [0.1, 0.15) is 50.5 Å². The molecule has 112 valence electrons. The summed E-state index contributed by atoms with van der Waals surface area (Å²) in [6.45, 7) is 4.71. The van der Waals surface area contributed by atoms with Crippen LogP contribution in [0.5, 0.6) is 0 Å². The molecule has 2 nitrogen and oxygen atoms in total. The lowest BCUT2D eigenvalue weighted by atomic mass is 9.77. The number of anilines is 1. The molecule has 0 aliphatic heterocycles. The molecule has 1 aliphatic rings. The Morgan fingerprint density at radius 1 is 1.10 bits per heavy atom. The Balaban J connectivity index is 1.70. The fourth-order valence-corrected chi connectivity index (χ4v) is 4.29. The molecule has 1 aromatic heterocycles. The average Bonchev–Trinajstić information content (AvgIpc) is 2.98. The van der Waals surface area contributed by atoms with Gasteiger partial charge in [0.25, 0.3) is 0 Å². The number of nitrogen functional groups attached to an aromatic ring is 1. The molecule has 3 rings (SSSR count). The predicted octanol–water partition coefficient (Wildman–Crippen LogP) is 5.32. The van der Waals surface area contributed by atoms with Crippen molar-refractivity contribution in [2.45, 2.75) is 45.4 Å². The molecule has 1 fully saturated rings. The number of rotatable bonds is 3. The van der Waals surface area contributed by atoms with E-state index in [2.05, 4.69) is 31.4 Å². The van der Waals surface area contributed by atoms with Crippen LogP contribution in [0.3, 0.4) is 0 Å². The number of aromatic nitrogens is 1. The first-order valence-electron chi connectivity index (χ1n) is 7.95. The minimum atomic E-state index is 0.674. The molecule has 1 aromatic carbocycles. The van der Waals surface area contributed by atoms with Crippen LogP contribution in [0, 0.1) is 11.8 Å². The first-order chi connectivity index (χ1) is 10.1. The van der Waals surface area contributed by atoms with E-state index >= 15 is 0 Å². The number of hydrogen-bond donors (Lipinski definition) is 1. The largest absolute Gasteiger partial charge is 0.399 e. The van der Waals surface area contributed by atoms with Gasteiger partial charge >= 0.3 is 0 Å². The summed E-state index contributed by atoms with van der Waals surface area (Å²) in [6.07, 6.45) is 5.33. The Morgan fingerprint density at radius 3 is 2.38 bits per heavy atom. The van der Waals surface area contributed by atoms with Gasteiger partial charge in [0.1, 0.15) is 0 Å². The van der Waals surface area contributed by atoms with Gasteiger partial charge in [-0.05, 0) is 49.7 Å². The van der Waals surface area contributed by atoms with Crippen molar-refractivity contribution in [2.75, 3.05) is 5.73 Å². The summed E-state index contributed by atoms with van der Waals surface area (Å²) >= 11 is 1.82. The smallest absolute Gasteiger partial charge is 0.0963 e. The second kappa shape index (κ2) is 6.18. The van der Waals surface area contributed by atoms with Crippen LogP contribution in [0.2, 0.25) is 0 Å². The van der Waals surface area contributed by atoms with E-state index in [-0.39, 0.29) is 0 Å². The zero-order chi connectivity index (χ0) is 14.8. The van der Waals surface area contributed by atoms with Gasteiger partial charge in [0.15, 0.2) is 0 Å². The molecule has 1 heterocycles. The van der Waals surface area contributed by atoms with Crippen molar-refractivity contribution < 1.29 is 0 Å². The highest BCUT2D eigenvalue weighted by molar-refractivity contribution is 7.10. The molecule has 0 atom stereocenters. The van der Waals surface area contributed by atoms with Crippen molar-refractivity contribution in [1.82, 2.24) is 4.98 Å². The highest BCUT2D eigenvalue weighted by Gasteiger charge is 2.26. The molecule has 1 saturated carbocycles. The third kappa shape index (κ3) is 3.29. The van der Waals surface area contributed by atoms with Crippen molar-refractivity contribution in [3.63, 3.8) is 0 Å². The van der Waals surface area contributed by atoms with Gasteiger partial charge in [-0.25, -0.2) is 4.98 Å². The summed E-state index contributed by atoms with van der Waals surface area (Å²) in [7, 11) is 0. The summed E-state index contributed by atoms with van der Waals surface area (Å²) < 4.78 is 0. The molecule has 2 N–H and O–H groups in total. The first-order valence-corrected chi connectivity index (χ1v) is 8.83. The van der Waals surface area contributed by atoms with Gasteiger partial charge in [-0.1, -0.05) is 26.0 Å². The standard InChI is InChI=1S/C18H24N2S/c1-12(2)13-3-5-15(6-4-13)18-20-17(11-21-18)14-7-9-16(19)10-8-14/h7-13,15H,3-6,19H2,1-2H3. The van der Waals surface area contributed by atoms with Crippen molar-refractivity contribution in [1.29, 1.82) is 0 Å². The maximum absolute atomic E-state index is 5.75. The van der Waals surface area contributed by atoms with Crippen LogP contribution in [0.15, 0.2) is 29.6 Å². The Kier molecular flexibility index (Phi) is 4.29. The summed E-state index contributed by atoms with van der Waals surface area (Å²) in [5.41, 5.74) is 8.82. The van der Waals surface area contributed by atoms with Crippen molar-refractivity contribution >= 4 is 17.0 Å². The lowest BCUT2D eigenvalue weighted by molar-refractivity contribution is 0.258. The zero-order valence-corrected chi connectivity index (χ0v) is 13.7. The normalized spacial score (nSPS) is 22.6. The molecular formula is C18H24N2S. The lowest BCUT2D eigenvalue weighted by Gasteiger charge is -2.29. The molecule has 0 saturated heterocycles. The van der Waals surface area contributed by atoms with Gasteiger partial charge < -0.3 is 5.73 Å². The highest BCUT2D eigenvalue weighted by atomic mass is 32.1. The molecule has 0 amide bonds. The second-order valence-corrected chi connectivity index (χ2v) is 7.44. The van der Waals surface area contributed by atoms with Gasteiger partial charge in [-0.2, -0.15) is 0 Å². The van der Waals surface area contributed by atoms with Crippen LogP contribution < -0.4 is 5.73 Å². The molecule has 0 radical (unpaired) electrons. The van der Waals surface area contributed by atoms with Gasteiger partial charge in [-0.3, -0.25) is 0 Å². The molecule has 0 bridgehead atoms. The average molecular weight is 300 g/mol. The molecule has 0 unspecified atom stereocenters. The van der Waals surface area contributed by atoms with Crippen molar-refractivity contribution in [3.8, 4) is 11.3 Å². The topological polar surface area (TPSA) is 38.9 Å². The van der Waals surface area contributed by atoms with Crippen LogP contribution in [-0.2, 0) is 0 Å². The maximum atomic E-state index is 5.75. The van der Waals surface area contributed by atoms with Gasteiger partial charge in [-0.15, -0.1) is 11.3 Å². The minimum Gasteiger partial charge on any atom is -0.399 e. The van der Waals surface area contributed by atoms with E-state index in [1.165, 1.54) is 36.3 Å². The summed E-state index contributed by atoms with van der Waals surface area (Å²) in [4.78, 5) is 4.88. The third-order valence-electron chi connectivity index (χ3n) is 4.79. The summed E-state index contributed by atoms with van der Waals surface area (Å²) in [5.74, 6) is 2.41. The SMILES string of the molecule is CC(C)C1CCC(c2nc(-c3ccc(N)cc3)cs2)CC1. The fraction of sp³-hybridized carbons (Fsp3) is 0.500. The fourth-order valence-electron chi connectivity index (χ4n) is 3.29. The van der Waals surface area contributed by atoms with Crippen molar-refractivity contribution in [2.24, 2.45) is 11.8 Å². The van der Waals surface area contributed by atoms with Gasteiger partial charge in [0.2, 0.25) is 0 Å². The van der Waals surface area contributed by atoms with Gasteiger partial charge in [0, 0.05) is 22.5 Å². The van der Waals surface area contributed by atoms with E-state index in [4.69, 9.17) is 10.7 Å². The van der Waals surface area contributed by atoms with Crippen LogP contribution >= 0.6 is 11.3 Å². The summed E-state index contributed by atoms with van der Waals surface area (Å²) in [5, 5.41) is 3.51. The number of thiazole rings is 1. The number of nitrogens with zero attached hydrogens (tertiary/aromatic N) is 1. The monoisotopic (exact) mass is 300 g/mol. The summed E-state index contributed by atoms with van der Waals surface area (Å²) in [6, 6.07) is 8.01. The van der Waals surface area contributed by atoms with E-state index in [1.54, 1.807) is 0 Å². The van der Waals surface area contributed by atoms with Crippen LogP contribution in [0.25, 0.3) is 11.3 Å². The molecule has 3 heteroatoms. The molecular weight excluding hydrogens is 276 g/mol. The maximum Gasteiger partial charge on any atom is 0.0963 e. The number of benzene rings is 1. The number of nitrogens with two attached hydrogens (primary N) is 1. The van der Waals surface area contributed by atoms with E-state index < -0.39 is 0 Å². The van der Waals surface area contributed by atoms with Gasteiger partial charge in [0.05, 0.1) is 10.7 Å². The van der Waals surface area contributed by atoms with E-state index in [1.807, 2.05) is 23.5 Å². The third-order valence-corrected chi connectivity index (χ3v) is 5.80.